The van der Waals surface area contributed by atoms with Crippen molar-refractivity contribution >= 4 is 5.91 Å². The lowest BCUT2D eigenvalue weighted by atomic mass is 9.88. The fraction of sp³-hybridized carbons (Fsp3) is 0.533. The smallest absolute Gasteiger partial charge is 0.229 e. The molecule has 3 nitrogen and oxygen atoms in total. The second kappa shape index (κ2) is 5.11. The Morgan fingerprint density at radius 3 is 2.61 bits per heavy atom. The number of nitrogens with one attached hydrogen (secondary N) is 1. The number of nitrogens with zero attached hydrogens (tertiary/aromatic N) is 1. The molecule has 1 saturated heterocycles. The number of amides is 1. The summed E-state index contributed by atoms with van der Waals surface area (Å²) >= 11 is 0. The third-order valence-electron chi connectivity index (χ3n) is 3.77. The van der Waals surface area contributed by atoms with E-state index >= 15 is 0 Å². The van der Waals surface area contributed by atoms with Crippen molar-refractivity contribution in [1.29, 1.82) is 0 Å². The SMILES string of the molecule is Cc1ccc(CN(C)C(=O)C2(C)CCNC2)cc1. The van der Waals surface area contributed by atoms with Crippen LogP contribution in [0, 0.1) is 12.3 Å². The lowest BCUT2D eigenvalue weighted by Gasteiger charge is -2.28. The third-order valence-corrected chi connectivity index (χ3v) is 3.77. The van der Waals surface area contributed by atoms with Gasteiger partial charge in [0.15, 0.2) is 0 Å². The Bertz CT molecular complexity index is 419. The number of carbonyl (C=O) groups excluding carboxylic acids is 1. The summed E-state index contributed by atoms with van der Waals surface area (Å²) in [5, 5.41) is 3.27. The Kier molecular flexibility index (Phi) is 3.71. The van der Waals surface area contributed by atoms with Gasteiger partial charge in [-0.3, -0.25) is 4.79 Å². The molecule has 1 aromatic rings. The van der Waals surface area contributed by atoms with Crippen LogP contribution in [0.4, 0.5) is 0 Å². The summed E-state index contributed by atoms with van der Waals surface area (Å²) in [6.45, 7) is 6.56. The number of benzene rings is 1. The Balaban J connectivity index is 2.01. The summed E-state index contributed by atoms with van der Waals surface area (Å²) in [6.07, 6.45) is 0.935. The van der Waals surface area contributed by atoms with Gasteiger partial charge >= 0.3 is 0 Å². The number of hydrogen-bond donors (Lipinski definition) is 1. The van der Waals surface area contributed by atoms with E-state index in [9.17, 15) is 4.79 Å². The van der Waals surface area contributed by atoms with Crippen LogP contribution in [0.25, 0.3) is 0 Å². The molecule has 0 radical (unpaired) electrons. The monoisotopic (exact) mass is 246 g/mol. The zero-order chi connectivity index (χ0) is 13.2. The predicted octanol–water partition coefficient (Wildman–Crippen LogP) is 1.95. The Hall–Kier alpha value is -1.35. The zero-order valence-electron chi connectivity index (χ0n) is 11.5. The quantitative estimate of drug-likeness (QED) is 0.884. The minimum atomic E-state index is -0.223. The van der Waals surface area contributed by atoms with Gasteiger partial charge in [-0.1, -0.05) is 29.8 Å². The molecule has 2 rings (SSSR count). The summed E-state index contributed by atoms with van der Waals surface area (Å²) in [6, 6.07) is 8.36. The highest BCUT2D eigenvalue weighted by molar-refractivity contribution is 5.82. The maximum absolute atomic E-state index is 12.4. The van der Waals surface area contributed by atoms with Crippen molar-refractivity contribution in [2.45, 2.75) is 26.8 Å². The summed E-state index contributed by atoms with van der Waals surface area (Å²) in [4.78, 5) is 14.3. The van der Waals surface area contributed by atoms with Crippen molar-refractivity contribution < 1.29 is 4.79 Å². The summed E-state index contributed by atoms with van der Waals surface area (Å²) in [7, 11) is 1.89. The van der Waals surface area contributed by atoms with E-state index in [1.807, 2.05) is 11.9 Å². The molecule has 1 aliphatic rings. The van der Waals surface area contributed by atoms with Crippen LogP contribution in [0.5, 0.6) is 0 Å². The fourth-order valence-electron chi connectivity index (χ4n) is 2.50. The van der Waals surface area contributed by atoms with E-state index in [-0.39, 0.29) is 11.3 Å². The van der Waals surface area contributed by atoms with Crippen LogP contribution >= 0.6 is 0 Å². The van der Waals surface area contributed by atoms with Gasteiger partial charge in [0.05, 0.1) is 5.41 Å². The maximum atomic E-state index is 12.4. The van der Waals surface area contributed by atoms with Crippen LogP contribution in [-0.4, -0.2) is 30.9 Å². The molecule has 1 amide bonds. The van der Waals surface area contributed by atoms with Crippen LogP contribution in [0.1, 0.15) is 24.5 Å². The van der Waals surface area contributed by atoms with E-state index in [0.717, 1.165) is 19.5 Å². The first-order valence-corrected chi connectivity index (χ1v) is 6.53. The maximum Gasteiger partial charge on any atom is 0.229 e. The van der Waals surface area contributed by atoms with Crippen LogP contribution in [-0.2, 0) is 11.3 Å². The molecule has 0 saturated carbocycles. The minimum absolute atomic E-state index is 0.223. The van der Waals surface area contributed by atoms with Crippen molar-refractivity contribution in [3.05, 3.63) is 35.4 Å². The molecule has 1 unspecified atom stereocenters. The average Bonchev–Trinajstić information content (AvgIpc) is 2.79. The molecule has 1 heterocycles. The van der Waals surface area contributed by atoms with Gasteiger partial charge in [-0.25, -0.2) is 0 Å². The van der Waals surface area contributed by atoms with E-state index in [2.05, 4.69) is 43.4 Å². The van der Waals surface area contributed by atoms with Gasteiger partial charge in [0.25, 0.3) is 0 Å². The van der Waals surface area contributed by atoms with Crippen molar-refractivity contribution in [3.8, 4) is 0 Å². The van der Waals surface area contributed by atoms with Gasteiger partial charge < -0.3 is 10.2 Å². The molecule has 0 spiro atoms. The Labute approximate surface area is 109 Å². The van der Waals surface area contributed by atoms with Crippen LogP contribution < -0.4 is 5.32 Å². The molecule has 1 aromatic carbocycles. The van der Waals surface area contributed by atoms with E-state index in [1.165, 1.54) is 11.1 Å². The van der Waals surface area contributed by atoms with Gasteiger partial charge in [-0.15, -0.1) is 0 Å². The van der Waals surface area contributed by atoms with Crippen molar-refractivity contribution in [1.82, 2.24) is 10.2 Å². The number of rotatable bonds is 3. The third kappa shape index (κ3) is 2.72. The van der Waals surface area contributed by atoms with Crippen LogP contribution in [0.15, 0.2) is 24.3 Å². The molecule has 3 heteroatoms. The van der Waals surface area contributed by atoms with Gasteiger partial charge in [0.2, 0.25) is 5.91 Å². The van der Waals surface area contributed by atoms with Gasteiger partial charge in [-0.2, -0.15) is 0 Å². The highest BCUT2D eigenvalue weighted by Gasteiger charge is 2.38. The first-order valence-electron chi connectivity index (χ1n) is 6.53. The van der Waals surface area contributed by atoms with Crippen molar-refractivity contribution in [3.63, 3.8) is 0 Å². The average molecular weight is 246 g/mol. The van der Waals surface area contributed by atoms with Crippen molar-refractivity contribution in [2.24, 2.45) is 5.41 Å². The van der Waals surface area contributed by atoms with E-state index < -0.39 is 0 Å². The minimum Gasteiger partial charge on any atom is -0.341 e. The largest absolute Gasteiger partial charge is 0.341 e. The highest BCUT2D eigenvalue weighted by Crippen LogP contribution is 2.27. The summed E-state index contributed by atoms with van der Waals surface area (Å²) in [5.74, 6) is 0.244. The molecule has 1 atom stereocenters. The highest BCUT2D eigenvalue weighted by atomic mass is 16.2. The zero-order valence-corrected chi connectivity index (χ0v) is 11.5. The first-order chi connectivity index (χ1) is 8.51. The second-order valence-electron chi connectivity index (χ2n) is 5.63. The second-order valence-corrected chi connectivity index (χ2v) is 5.63. The molecule has 0 aliphatic carbocycles. The normalized spacial score (nSPS) is 23.1. The standard InChI is InChI=1S/C15H22N2O/c1-12-4-6-13(7-5-12)10-17(3)14(18)15(2)8-9-16-11-15/h4-7,16H,8-11H2,1-3H3. The summed E-state index contributed by atoms with van der Waals surface area (Å²) < 4.78 is 0. The lowest BCUT2D eigenvalue weighted by molar-refractivity contribution is -0.139. The van der Waals surface area contributed by atoms with E-state index in [0.29, 0.717) is 6.54 Å². The van der Waals surface area contributed by atoms with Gasteiger partial charge in [0.1, 0.15) is 0 Å². The van der Waals surface area contributed by atoms with Gasteiger partial charge in [0, 0.05) is 20.1 Å². The van der Waals surface area contributed by atoms with Crippen LogP contribution in [0.2, 0.25) is 0 Å². The number of carbonyl (C=O) groups is 1. The Morgan fingerprint density at radius 2 is 2.06 bits per heavy atom. The molecular weight excluding hydrogens is 224 g/mol. The number of hydrogen-bond acceptors (Lipinski definition) is 2. The number of aryl methyl sites for hydroxylation is 1. The predicted molar refractivity (Wildman–Crippen MR) is 73.2 cm³/mol. The fourth-order valence-corrected chi connectivity index (χ4v) is 2.50. The van der Waals surface area contributed by atoms with E-state index in [4.69, 9.17) is 0 Å². The molecular formula is C15H22N2O. The van der Waals surface area contributed by atoms with E-state index in [1.54, 1.807) is 0 Å². The van der Waals surface area contributed by atoms with Crippen molar-refractivity contribution in [2.75, 3.05) is 20.1 Å². The molecule has 1 N–H and O–H groups in total. The molecule has 98 valence electrons. The molecule has 1 aliphatic heterocycles. The molecule has 1 fully saturated rings. The summed E-state index contributed by atoms with van der Waals surface area (Å²) in [5.41, 5.74) is 2.21. The lowest BCUT2D eigenvalue weighted by Crippen LogP contribution is -2.41. The topological polar surface area (TPSA) is 32.3 Å². The molecule has 0 aromatic heterocycles. The first kappa shape index (κ1) is 13.1. The molecule has 0 bridgehead atoms. The van der Waals surface area contributed by atoms with Gasteiger partial charge in [-0.05, 0) is 32.4 Å². The molecule has 18 heavy (non-hydrogen) atoms. The Morgan fingerprint density at radius 1 is 1.39 bits per heavy atom. The van der Waals surface area contributed by atoms with Crippen LogP contribution in [0.3, 0.4) is 0 Å².